The number of anilines is 1. The normalized spacial score (nSPS) is 10.2. The van der Waals surface area contributed by atoms with Crippen LogP contribution in [-0.4, -0.2) is 18.5 Å². The Morgan fingerprint density at radius 1 is 1.47 bits per heavy atom. The molecule has 0 aromatic heterocycles. The number of halogens is 1. The molecule has 0 heterocycles. The van der Waals surface area contributed by atoms with Gasteiger partial charge in [-0.2, -0.15) is 0 Å². The highest BCUT2D eigenvalue weighted by Crippen LogP contribution is 2.08. The molecule has 17 heavy (non-hydrogen) atoms. The molecule has 90 valence electrons. The molecular formula is C12H12FNO3. The van der Waals surface area contributed by atoms with Crippen LogP contribution in [0.15, 0.2) is 36.4 Å². The molecule has 1 aromatic carbocycles. The van der Waals surface area contributed by atoms with Crippen molar-refractivity contribution in [2.75, 3.05) is 11.9 Å². The Balaban J connectivity index is 2.42. The minimum atomic E-state index is -0.595. The Hall–Kier alpha value is -2.17. The standard InChI is InChI=1S/C12H12FNO3/c1-2-4-12(16)17-8-11(15)14-10-6-3-5-9(13)7-10/h2-7H,8H2,1H3,(H,14,15). The second-order valence-electron chi connectivity index (χ2n) is 3.17. The van der Waals surface area contributed by atoms with Gasteiger partial charge in [-0.25, -0.2) is 9.18 Å². The molecule has 0 aliphatic rings. The molecule has 0 saturated heterocycles. The van der Waals surface area contributed by atoms with Crippen LogP contribution < -0.4 is 5.32 Å². The third-order valence-electron chi connectivity index (χ3n) is 1.76. The predicted molar refractivity (Wildman–Crippen MR) is 60.8 cm³/mol. The van der Waals surface area contributed by atoms with Gasteiger partial charge in [-0.15, -0.1) is 0 Å². The van der Waals surface area contributed by atoms with Crippen LogP contribution in [0.2, 0.25) is 0 Å². The number of rotatable bonds is 4. The lowest BCUT2D eigenvalue weighted by molar-refractivity contribution is -0.142. The number of carbonyl (C=O) groups is 2. The molecule has 0 spiro atoms. The SMILES string of the molecule is CC=CC(=O)OCC(=O)Nc1cccc(F)c1. The molecule has 5 heteroatoms. The van der Waals surface area contributed by atoms with E-state index in [2.05, 4.69) is 10.1 Å². The van der Waals surface area contributed by atoms with Gasteiger partial charge < -0.3 is 10.1 Å². The molecular weight excluding hydrogens is 225 g/mol. The van der Waals surface area contributed by atoms with E-state index >= 15 is 0 Å². The number of ether oxygens (including phenoxy) is 1. The van der Waals surface area contributed by atoms with E-state index in [-0.39, 0.29) is 0 Å². The number of benzene rings is 1. The number of allylic oxidation sites excluding steroid dienone is 1. The van der Waals surface area contributed by atoms with Crippen molar-refractivity contribution < 1.29 is 18.7 Å². The summed E-state index contributed by atoms with van der Waals surface area (Å²) in [5.41, 5.74) is 0.317. The summed E-state index contributed by atoms with van der Waals surface area (Å²) in [5.74, 6) is -1.57. The Labute approximate surface area is 98.1 Å². The lowest BCUT2D eigenvalue weighted by atomic mass is 10.3. The number of esters is 1. The van der Waals surface area contributed by atoms with Crippen molar-refractivity contribution in [2.45, 2.75) is 6.92 Å². The maximum Gasteiger partial charge on any atom is 0.330 e. The van der Waals surface area contributed by atoms with E-state index < -0.39 is 24.3 Å². The molecule has 0 unspecified atom stereocenters. The molecule has 1 aromatic rings. The van der Waals surface area contributed by atoms with Crippen molar-refractivity contribution in [1.29, 1.82) is 0 Å². The minimum Gasteiger partial charge on any atom is -0.452 e. The second kappa shape index (κ2) is 6.42. The summed E-state index contributed by atoms with van der Waals surface area (Å²) in [7, 11) is 0. The fourth-order valence-corrected chi connectivity index (χ4v) is 1.08. The molecule has 0 aliphatic carbocycles. The summed E-state index contributed by atoms with van der Waals surface area (Å²) in [4.78, 5) is 22.2. The number of hydrogen-bond donors (Lipinski definition) is 1. The first kappa shape index (κ1) is 12.9. The molecule has 1 amide bonds. The first-order valence-corrected chi connectivity index (χ1v) is 4.96. The molecule has 1 N–H and O–H groups in total. The Kier molecular flexibility index (Phi) is 4.87. The van der Waals surface area contributed by atoms with Gasteiger partial charge >= 0.3 is 5.97 Å². The summed E-state index contributed by atoms with van der Waals surface area (Å²) in [6.07, 6.45) is 2.71. The van der Waals surface area contributed by atoms with Crippen molar-refractivity contribution in [3.63, 3.8) is 0 Å². The first-order valence-electron chi connectivity index (χ1n) is 4.96. The largest absolute Gasteiger partial charge is 0.452 e. The van der Waals surface area contributed by atoms with Crippen molar-refractivity contribution in [2.24, 2.45) is 0 Å². The van der Waals surface area contributed by atoms with Crippen LogP contribution in [0.25, 0.3) is 0 Å². The van der Waals surface area contributed by atoms with Crippen LogP contribution in [-0.2, 0) is 14.3 Å². The van der Waals surface area contributed by atoms with Gasteiger partial charge in [-0.3, -0.25) is 4.79 Å². The molecule has 0 fully saturated rings. The van der Waals surface area contributed by atoms with Gasteiger partial charge in [0, 0.05) is 11.8 Å². The summed E-state index contributed by atoms with van der Waals surface area (Å²) in [6.45, 7) is 1.26. The summed E-state index contributed by atoms with van der Waals surface area (Å²) >= 11 is 0. The van der Waals surface area contributed by atoms with E-state index in [1.54, 1.807) is 6.92 Å². The van der Waals surface area contributed by atoms with Crippen LogP contribution in [0.3, 0.4) is 0 Å². The van der Waals surface area contributed by atoms with E-state index in [1.165, 1.54) is 36.4 Å². The van der Waals surface area contributed by atoms with Gasteiger partial charge in [-0.05, 0) is 25.1 Å². The van der Waals surface area contributed by atoms with Crippen LogP contribution in [0.5, 0.6) is 0 Å². The van der Waals surface area contributed by atoms with E-state index in [0.29, 0.717) is 5.69 Å². The average Bonchev–Trinajstić information content (AvgIpc) is 2.27. The molecule has 0 radical (unpaired) electrons. The lowest BCUT2D eigenvalue weighted by Crippen LogP contribution is -2.20. The zero-order valence-corrected chi connectivity index (χ0v) is 9.27. The van der Waals surface area contributed by atoms with Gasteiger partial charge in [-0.1, -0.05) is 12.1 Å². The number of hydrogen-bond acceptors (Lipinski definition) is 3. The quantitative estimate of drug-likeness (QED) is 0.642. The summed E-state index contributed by atoms with van der Waals surface area (Å²) < 4.78 is 17.4. The molecule has 1 rings (SSSR count). The minimum absolute atomic E-state index is 0.317. The average molecular weight is 237 g/mol. The van der Waals surface area contributed by atoms with Crippen molar-refractivity contribution in [3.8, 4) is 0 Å². The number of amides is 1. The molecule has 4 nitrogen and oxygen atoms in total. The Morgan fingerprint density at radius 2 is 2.24 bits per heavy atom. The van der Waals surface area contributed by atoms with Crippen LogP contribution >= 0.6 is 0 Å². The maximum absolute atomic E-state index is 12.8. The zero-order chi connectivity index (χ0) is 12.7. The maximum atomic E-state index is 12.8. The van der Waals surface area contributed by atoms with Gasteiger partial charge in [0.1, 0.15) is 5.82 Å². The van der Waals surface area contributed by atoms with Crippen molar-refractivity contribution in [1.82, 2.24) is 0 Å². The van der Waals surface area contributed by atoms with Gasteiger partial charge in [0.15, 0.2) is 6.61 Å². The lowest BCUT2D eigenvalue weighted by Gasteiger charge is -2.05. The Morgan fingerprint density at radius 3 is 2.88 bits per heavy atom. The predicted octanol–water partition coefficient (Wildman–Crippen LogP) is 1.88. The van der Waals surface area contributed by atoms with E-state index in [4.69, 9.17) is 0 Å². The molecule has 0 bridgehead atoms. The van der Waals surface area contributed by atoms with E-state index in [9.17, 15) is 14.0 Å². The monoisotopic (exact) mass is 237 g/mol. The molecule has 0 saturated carbocycles. The van der Waals surface area contributed by atoms with Crippen LogP contribution in [0.1, 0.15) is 6.92 Å². The molecule has 0 aliphatic heterocycles. The summed E-state index contributed by atoms with van der Waals surface area (Å²) in [5, 5.41) is 2.40. The zero-order valence-electron chi connectivity index (χ0n) is 9.27. The van der Waals surface area contributed by atoms with Gasteiger partial charge in [0.25, 0.3) is 5.91 Å². The smallest absolute Gasteiger partial charge is 0.330 e. The van der Waals surface area contributed by atoms with E-state index in [0.717, 1.165) is 0 Å². The highest BCUT2D eigenvalue weighted by Gasteiger charge is 2.05. The van der Waals surface area contributed by atoms with Gasteiger partial charge in [0.05, 0.1) is 0 Å². The Bertz CT molecular complexity index is 443. The third-order valence-corrected chi connectivity index (χ3v) is 1.76. The third kappa shape index (κ3) is 4.92. The highest BCUT2D eigenvalue weighted by atomic mass is 19.1. The van der Waals surface area contributed by atoms with Crippen LogP contribution in [0.4, 0.5) is 10.1 Å². The molecule has 0 atom stereocenters. The highest BCUT2D eigenvalue weighted by molar-refractivity contribution is 5.93. The van der Waals surface area contributed by atoms with Gasteiger partial charge in [0.2, 0.25) is 0 Å². The summed E-state index contributed by atoms with van der Waals surface area (Å²) in [6, 6.07) is 5.44. The number of carbonyl (C=O) groups excluding carboxylic acids is 2. The topological polar surface area (TPSA) is 55.4 Å². The fourth-order valence-electron chi connectivity index (χ4n) is 1.08. The van der Waals surface area contributed by atoms with E-state index in [1.807, 2.05) is 0 Å². The van der Waals surface area contributed by atoms with Crippen molar-refractivity contribution >= 4 is 17.6 Å². The van der Waals surface area contributed by atoms with Crippen molar-refractivity contribution in [3.05, 3.63) is 42.2 Å². The number of nitrogens with one attached hydrogen (secondary N) is 1. The first-order chi connectivity index (χ1) is 8.11. The fraction of sp³-hybridized carbons (Fsp3) is 0.167. The van der Waals surface area contributed by atoms with Crippen LogP contribution in [0, 0.1) is 5.82 Å². The second-order valence-corrected chi connectivity index (χ2v) is 3.17.